The molecule has 0 aliphatic heterocycles. The van der Waals surface area contributed by atoms with Crippen molar-refractivity contribution in [3.8, 4) is 0 Å². The minimum absolute atomic E-state index is 0.403. The molecule has 1 aromatic heterocycles. The Hall–Kier alpha value is -1.32. The number of allylic oxidation sites excluding steroid dienone is 1. The van der Waals surface area contributed by atoms with Crippen LogP contribution in [-0.4, -0.2) is 10.1 Å². The Bertz CT molecular complexity index is 270. The summed E-state index contributed by atoms with van der Waals surface area (Å²) in [6, 6.07) is 0. The molecule has 0 bridgehead atoms. The van der Waals surface area contributed by atoms with Gasteiger partial charge in [-0.15, -0.1) is 0 Å². The molecule has 0 amide bonds. The Labute approximate surface area is 51.2 Å². The van der Waals surface area contributed by atoms with E-state index < -0.39 is 5.76 Å². The van der Waals surface area contributed by atoms with Crippen LogP contribution in [0.1, 0.15) is 12.7 Å². The maximum atomic E-state index is 10.3. The molecule has 1 aromatic rings. The molecule has 4 heteroatoms. The Kier molecular flexibility index (Phi) is 1.22. The Balaban J connectivity index is 3.12. The van der Waals surface area contributed by atoms with E-state index in [0.717, 1.165) is 0 Å². The van der Waals surface area contributed by atoms with Gasteiger partial charge in [-0.3, -0.25) is 9.51 Å². The number of rotatable bonds is 1. The molecule has 0 unspecified atom stereocenters. The number of aromatic amines is 1. The summed E-state index contributed by atoms with van der Waals surface area (Å²) < 4.78 is 4.20. The van der Waals surface area contributed by atoms with E-state index in [1.165, 1.54) is 0 Å². The summed E-state index contributed by atoms with van der Waals surface area (Å²) >= 11 is 0. The molecular weight excluding hydrogens is 120 g/mol. The zero-order chi connectivity index (χ0) is 6.85. The van der Waals surface area contributed by atoms with Crippen molar-refractivity contribution in [2.75, 3.05) is 0 Å². The van der Waals surface area contributed by atoms with Crippen molar-refractivity contribution in [2.24, 2.45) is 0 Å². The van der Waals surface area contributed by atoms with Crippen molar-refractivity contribution in [2.45, 2.75) is 6.92 Å². The fraction of sp³-hybridized carbons (Fsp3) is 0.200. The third kappa shape index (κ3) is 1.07. The van der Waals surface area contributed by atoms with Gasteiger partial charge in [0.15, 0.2) is 5.82 Å². The lowest BCUT2D eigenvalue weighted by molar-refractivity contribution is 0.385. The summed E-state index contributed by atoms with van der Waals surface area (Å²) in [5, 5.41) is 3.37. The average Bonchev–Trinajstić information content (AvgIpc) is 2.14. The van der Waals surface area contributed by atoms with Crippen LogP contribution < -0.4 is 5.76 Å². The summed E-state index contributed by atoms with van der Waals surface area (Å²) in [7, 11) is 0. The lowest BCUT2D eigenvalue weighted by Gasteiger charge is -1.82. The van der Waals surface area contributed by atoms with Crippen molar-refractivity contribution >= 4 is 5.57 Å². The highest BCUT2D eigenvalue weighted by Gasteiger charge is 1.97. The molecule has 0 atom stereocenters. The van der Waals surface area contributed by atoms with Crippen LogP contribution in [0.3, 0.4) is 0 Å². The predicted molar refractivity (Wildman–Crippen MR) is 31.8 cm³/mol. The highest BCUT2D eigenvalue weighted by molar-refractivity contribution is 5.52. The predicted octanol–water partition coefficient (Wildman–Crippen LogP) is 0.396. The molecule has 48 valence electrons. The fourth-order valence-corrected chi connectivity index (χ4v) is 0.414. The molecule has 0 aromatic carbocycles. The molecular formula is C5H6N2O2. The van der Waals surface area contributed by atoms with Gasteiger partial charge in [0.2, 0.25) is 0 Å². The van der Waals surface area contributed by atoms with Gasteiger partial charge >= 0.3 is 5.76 Å². The second kappa shape index (κ2) is 1.89. The van der Waals surface area contributed by atoms with Gasteiger partial charge in [-0.05, 0) is 12.5 Å². The number of aromatic nitrogens is 2. The second-order valence-corrected chi connectivity index (χ2v) is 1.72. The summed E-state index contributed by atoms with van der Waals surface area (Å²) in [5.41, 5.74) is 0.681. The van der Waals surface area contributed by atoms with Crippen LogP contribution in [-0.2, 0) is 0 Å². The van der Waals surface area contributed by atoms with Crippen LogP contribution >= 0.6 is 0 Å². The first-order valence-electron chi connectivity index (χ1n) is 2.42. The largest absolute Gasteiger partial charge is 0.439 e. The topological polar surface area (TPSA) is 58.9 Å². The highest BCUT2D eigenvalue weighted by atomic mass is 16.5. The lowest BCUT2D eigenvalue weighted by atomic mass is 10.3. The molecule has 1 heterocycles. The summed E-state index contributed by atoms with van der Waals surface area (Å²) in [6.07, 6.45) is 0. The summed E-state index contributed by atoms with van der Waals surface area (Å²) in [5.74, 6) is -0.145. The first-order chi connectivity index (χ1) is 4.20. The van der Waals surface area contributed by atoms with Gasteiger partial charge in [0, 0.05) is 0 Å². The molecule has 4 nitrogen and oxygen atoms in total. The Morgan fingerprint density at radius 1 is 1.89 bits per heavy atom. The lowest BCUT2D eigenvalue weighted by Crippen LogP contribution is -1.95. The number of nitrogens with one attached hydrogen (secondary N) is 1. The molecule has 0 fully saturated rings. The van der Waals surface area contributed by atoms with Crippen molar-refractivity contribution in [3.63, 3.8) is 0 Å². The van der Waals surface area contributed by atoms with Gasteiger partial charge in [0.05, 0.1) is 0 Å². The molecule has 0 aliphatic rings. The standard InChI is InChI=1S/C5H6N2O2/c1-3(2)4-6-5(8)9-7-4/h1H2,2H3,(H,6,7,8). The van der Waals surface area contributed by atoms with Crippen molar-refractivity contribution in [3.05, 3.63) is 23.0 Å². The van der Waals surface area contributed by atoms with Gasteiger partial charge < -0.3 is 0 Å². The summed E-state index contributed by atoms with van der Waals surface area (Å²) in [4.78, 5) is 12.6. The van der Waals surface area contributed by atoms with E-state index in [0.29, 0.717) is 11.4 Å². The molecule has 1 rings (SSSR count). The minimum Gasteiger partial charge on any atom is -0.296 e. The smallest absolute Gasteiger partial charge is 0.296 e. The first-order valence-corrected chi connectivity index (χ1v) is 2.42. The normalized spacial score (nSPS) is 9.44. The quantitative estimate of drug-likeness (QED) is 0.592. The van der Waals surface area contributed by atoms with E-state index in [1.54, 1.807) is 6.92 Å². The van der Waals surface area contributed by atoms with E-state index in [2.05, 4.69) is 21.2 Å². The number of hydrogen-bond acceptors (Lipinski definition) is 3. The van der Waals surface area contributed by atoms with E-state index in [4.69, 9.17) is 0 Å². The Morgan fingerprint density at radius 3 is 2.78 bits per heavy atom. The number of nitrogens with zero attached hydrogens (tertiary/aromatic N) is 1. The Morgan fingerprint density at radius 2 is 2.56 bits per heavy atom. The molecule has 0 aliphatic carbocycles. The van der Waals surface area contributed by atoms with Crippen LogP contribution in [0.4, 0.5) is 0 Å². The maximum Gasteiger partial charge on any atom is 0.439 e. The third-order valence-electron chi connectivity index (χ3n) is 0.845. The molecule has 0 saturated carbocycles. The second-order valence-electron chi connectivity index (χ2n) is 1.72. The average molecular weight is 126 g/mol. The van der Waals surface area contributed by atoms with Gasteiger partial charge in [0.1, 0.15) is 0 Å². The van der Waals surface area contributed by atoms with E-state index >= 15 is 0 Å². The van der Waals surface area contributed by atoms with Gasteiger partial charge in [0.25, 0.3) is 0 Å². The van der Waals surface area contributed by atoms with Crippen molar-refractivity contribution in [1.29, 1.82) is 0 Å². The van der Waals surface area contributed by atoms with E-state index in [9.17, 15) is 4.79 Å². The number of H-pyrrole nitrogens is 1. The summed E-state index contributed by atoms with van der Waals surface area (Å²) in [6.45, 7) is 5.28. The van der Waals surface area contributed by atoms with E-state index in [1.807, 2.05) is 0 Å². The third-order valence-corrected chi connectivity index (χ3v) is 0.845. The zero-order valence-electron chi connectivity index (χ0n) is 4.97. The fourth-order valence-electron chi connectivity index (χ4n) is 0.414. The molecule has 1 N–H and O–H groups in total. The SMILES string of the molecule is C=C(C)c1noc(=O)[nH]1. The van der Waals surface area contributed by atoms with Gasteiger partial charge in [-0.25, -0.2) is 4.79 Å². The molecule has 0 saturated heterocycles. The zero-order valence-corrected chi connectivity index (χ0v) is 4.97. The van der Waals surface area contributed by atoms with Crippen LogP contribution in [0.5, 0.6) is 0 Å². The van der Waals surface area contributed by atoms with Crippen molar-refractivity contribution in [1.82, 2.24) is 10.1 Å². The van der Waals surface area contributed by atoms with E-state index in [-0.39, 0.29) is 0 Å². The monoisotopic (exact) mass is 126 g/mol. The van der Waals surface area contributed by atoms with Gasteiger partial charge in [-0.2, -0.15) is 0 Å². The molecule has 0 radical (unpaired) electrons. The molecule has 9 heavy (non-hydrogen) atoms. The van der Waals surface area contributed by atoms with Crippen molar-refractivity contribution < 1.29 is 4.52 Å². The van der Waals surface area contributed by atoms with Crippen LogP contribution in [0, 0.1) is 0 Å². The number of hydrogen-bond donors (Lipinski definition) is 1. The van der Waals surface area contributed by atoms with Crippen LogP contribution in [0.25, 0.3) is 5.57 Å². The van der Waals surface area contributed by atoms with Gasteiger partial charge in [-0.1, -0.05) is 11.7 Å². The molecule has 0 spiro atoms. The van der Waals surface area contributed by atoms with Crippen LogP contribution in [0.15, 0.2) is 15.9 Å². The maximum absolute atomic E-state index is 10.3. The first kappa shape index (κ1) is 5.81. The minimum atomic E-state index is -0.548. The van der Waals surface area contributed by atoms with Crippen LogP contribution in [0.2, 0.25) is 0 Å². The highest BCUT2D eigenvalue weighted by Crippen LogP contribution is 1.99.